The van der Waals surface area contributed by atoms with Gasteiger partial charge in [-0.15, -0.1) is 0 Å². The van der Waals surface area contributed by atoms with E-state index >= 15 is 0 Å². The van der Waals surface area contributed by atoms with Gasteiger partial charge in [0.2, 0.25) is 0 Å². The van der Waals surface area contributed by atoms with Gasteiger partial charge in [-0.25, -0.2) is 4.98 Å². The van der Waals surface area contributed by atoms with Crippen molar-refractivity contribution in [3.8, 4) is 0 Å². The molecule has 0 aliphatic rings. The van der Waals surface area contributed by atoms with Gasteiger partial charge in [0.15, 0.2) is 0 Å². The topological polar surface area (TPSA) is 42.0 Å². The maximum absolute atomic E-state index is 12.1. The van der Waals surface area contributed by atoms with Crippen LogP contribution in [0.3, 0.4) is 0 Å². The average molecular weight is 305 g/mol. The molecule has 1 heterocycles. The van der Waals surface area contributed by atoms with Crippen LogP contribution in [0.2, 0.25) is 0 Å². The van der Waals surface area contributed by atoms with Crippen LogP contribution in [0.15, 0.2) is 41.0 Å². The Morgan fingerprint density at radius 2 is 2.00 bits per heavy atom. The Hall–Kier alpha value is -1.68. The fourth-order valence-electron chi connectivity index (χ4n) is 1.61. The molecule has 1 aromatic carbocycles. The van der Waals surface area contributed by atoms with Crippen molar-refractivity contribution >= 4 is 27.7 Å². The van der Waals surface area contributed by atoms with Crippen molar-refractivity contribution in [1.29, 1.82) is 0 Å². The highest BCUT2D eigenvalue weighted by atomic mass is 79.9. The van der Waals surface area contributed by atoms with E-state index in [4.69, 9.17) is 0 Å². The smallest absolute Gasteiger partial charge is 0.257 e. The number of hydrogen-bond donors (Lipinski definition) is 1. The Morgan fingerprint density at radius 1 is 1.22 bits per heavy atom. The summed E-state index contributed by atoms with van der Waals surface area (Å²) < 4.78 is 0.963. The molecule has 4 heteroatoms. The third kappa shape index (κ3) is 2.96. The summed E-state index contributed by atoms with van der Waals surface area (Å²) in [4.78, 5) is 16.2. The normalized spacial score (nSPS) is 10.2. The molecule has 0 aliphatic heterocycles. The van der Waals surface area contributed by atoms with Crippen LogP contribution < -0.4 is 5.32 Å². The van der Waals surface area contributed by atoms with E-state index in [1.807, 2.05) is 32.0 Å². The largest absolute Gasteiger partial charge is 0.307 e. The van der Waals surface area contributed by atoms with Gasteiger partial charge in [-0.05, 0) is 49.2 Å². The lowest BCUT2D eigenvalue weighted by Crippen LogP contribution is -2.14. The zero-order valence-electron chi connectivity index (χ0n) is 10.2. The van der Waals surface area contributed by atoms with Crippen molar-refractivity contribution in [2.45, 2.75) is 13.8 Å². The third-order valence-electron chi connectivity index (χ3n) is 2.59. The molecule has 0 saturated heterocycles. The molecule has 0 radical (unpaired) electrons. The standard InChI is InChI=1S/C14H13BrN2O/c1-9-3-6-13(16-8-9)17-14(18)12-5-4-11(15)7-10(12)2/h3-8H,1-2H3,(H,16,17,18). The molecular weight excluding hydrogens is 292 g/mol. The van der Waals surface area contributed by atoms with Crippen molar-refractivity contribution in [2.24, 2.45) is 0 Å². The molecule has 1 amide bonds. The third-order valence-corrected chi connectivity index (χ3v) is 3.08. The number of hydrogen-bond acceptors (Lipinski definition) is 2. The van der Waals surface area contributed by atoms with Crippen LogP contribution in [-0.4, -0.2) is 10.9 Å². The molecule has 1 aromatic heterocycles. The fraction of sp³-hybridized carbons (Fsp3) is 0.143. The first-order valence-corrected chi connectivity index (χ1v) is 6.36. The number of pyridine rings is 1. The molecular formula is C14H13BrN2O. The van der Waals surface area contributed by atoms with Gasteiger partial charge in [0.25, 0.3) is 5.91 Å². The maximum atomic E-state index is 12.1. The number of nitrogens with zero attached hydrogens (tertiary/aromatic N) is 1. The Balaban J connectivity index is 2.19. The van der Waals surface area contributed by atoms with Crippen molar-refractivity contribution in [3.05, 3.63) is 57.7 Å². The Labute approximate surface area is 114 Å². The van der Waals surface area contributed by atoms with Gasteiger partial charge in [-0.2, -0.15) is 0 Å². The lowest BCUT2D eigenvalue weighted by atomic mass is 10.1. The summed E-state index contributed by atoms with van der Waals surface area (Å²) in [6.07, 6.45) is 1.73. The van der Waals surface area contributed by atoms with Crippen LogP contribution in [0.25, 0.3) is 0 Å². The monoisotopic (exact) mass is 304 g/mol. The van der Waals surface area contributed by atoms with E-state index in [-0.39, 0.29) is 5.91 Å². The van der Waals surface area contributed by atoms with Crippen molar-refractivity contribution in [3.63, 3.8) is 0 Å². The van der Waals surface area contributed by atoms with Gasteiger partial charge in [-0.3, -0.25) is 4.79 Å². The highest BCUT2D eigenvalue weighted by Crippen LogP contribution is 2.17. The van der Waals surface area contributed by atoms with Crippen LogP contribution in [0.5, 0.6) is 0 Å². The number of nitrogens with one attached hydrogen (secondary N) is 1. The van der Waals surface area contributed by atoms with E-state index in [0.29, 0.717) is 11.4 Å². The average Bonchev–Trinajstić information content (AvgIpc) is 2.32. The minimum absolute atomic E-state index is 0.142. The van der Waals surface area contributed by atoms with E-state index in [1.165, 1.54) is 0 Å². The highest BCUT2D eigenvalue weighted by molar-refractivity contribution is 9.10. The first-order valence-electron chi connectivity index (χ1n) is 5.56. The molecule has 1 N–H and O–H groups in total. The molecule has 0 atom stereocenters. The second-order valence-corrected chi connectivity index (χ2v) is 5.05. The number of halogens is 1. The Morgan fingerprint density at radius 3 is 2.61 bits per heavy atom. The summed E-state index contributed by atoms with van der Waals surface area (Å²) in [5, 5.41) is 2.78. The quantitative estimate of drug-likeness (QED) is 0.919. The van der Waals surface area contributed by atoms with Crippen LogP contribution in [-0.2, 0) is 0 Å². The van der Waals surface area contributed by atoms with Crippen molar-refractivity contribution < 1.29 is 4.79 Å². The second kappa shape index (κ2) is 5.31. The minimum Gasteiger partial charge on any atom is -0.307 e. The molecule has 2 rings (SSSR count). The molecule has 18 heavy (non-hydrogen) atoms. The zero-order chi connectivity index (χ0) is 13.1. The molecule has 2 aromatic rings. The molecule has 0 bridgehead atoms. The Kier molecular flexibility index (Phi) is 3.77. The molecule has 0 fully saturated rings. The summed E-state index contributed by atoms with van der Waals surface area (Å²) >= 11 is 3.38. The zero-order valence-corrected chi connectivity index (χ0v) is 11.8. The summed E-state index contributed by atoms with van der Waals surface area (Å²) in [7, 11) is 0. The summed E-state index contributed by atoms with van der Waals surface area (Å²) in [5.41, 5.74) is 2.64. The fourth-order valence-corrected chi connectivity index (χ4v) is 2.08. The van der Waals surface area contributed by atoms with Crippen LogP contribution in [0, 0.1) is 13.8 Å². The van der Waals surface area contributed by atoms with Crippen molar-refractivity contribution in [1.82, 2.24) is 4.98 Å². The van der Waals surface area contributed by atoms with Gasteiger partial charge in [0.05, 0.1) is 0 Å². The molecule has 0 aliphatic carbocycles. The molecule has 0 unspecified atom stereocenters. The lowest BCUT2D eigenvalue weighted by molar-refractivity contribution is 0.102. The first kappa shape index (κ1) is 12.8. The van der Waals surface area contributed by atoms with Gasteiger partial charge in [0, 0.05) is 16.2 Å². The number of carbonyl (C=O) groups is 1. The maximum Gasteiger partial charge on any atom is 0.257 e. The molecule has 0 spiro atoms. The van der Waals surface area contributed by atoms with Crippen LogP contribution in [0.4, 0.5) is 5.82 Å². The SMILES string of the molecule is Cc1ccc(NC(=O)c2ccc(Br)cc2C)nc1. The van der Waals surface area contributed by atoms with Crippen LogP contribution in [0.1, 0.15) is 21.5 Å². The Bertz CT molecular complexity index is 579. The lowest BCUT2D eigenvalue weighted by Gasteiger charge is -2.07. The van der Waals surface area contributed by atoms with Crippen molar-refractivity contribution in [2.75, 3.05) is 5.32 Å². The number of amides is 1. The van der Waals surface area contributed by atoms with Gasteiger partial charge >= 0.3 is 0 Å². The van der Waals surface area contributed by atoms with Crippen LogP contribution >= 0.6 is 15.9 Å². The van der Waals surface area contributed by atoms with Gasteiger partial charge < -0.3 is 5.32 Å². The number of aryl methyl sites for hydroxylation is 2. The number of anilines is 1. The summed E-state index contributed by atoms with van der Waals surface area (Å²) in [5.74, 6) is 0.421. The van der Waals surface area contributed by atoms with E-state index in [9.17, 15) is 4.79 Å². The highest BCUT2D eigenvalue weighted by Gasteiger charge is 2.09. The molecule has 92 valence electrons. The minimum atomic E-state index is -0.142. The predicted octanol–water partition coefficient (Wildman–Crippen LogP) is 3.71. The van der Waals surface area contributed by atoms with E-state index in [0.717, 1.165) is 15.6 Å². The predicted molar refractivity (Wildman–Crippen MR) is 75.8 cm³/mol. The van der Waals surface area contributed by atoms with E-state index < -0.39 is 0 Å². The first-order chi connectivity index (χ1) is 8.56. The van der Waals surface area contributed by atoms with E-state index in [1.54, 1.807) is 18.3 Å². The van der Waals surface area contributed by atoms with Gasteiger partial charge in [0.1, 0.15) is 5.82 Å². The number of aromatic nitrogens is 1. The van der Waals surface area contributed by atoms with Gasteiger partial charge in [-0.1, -0.05) is 22.0 Å². The molecule has 3 nitrogen and oxygen atoms in total. The second-order valence-electron chi connectivity index (χ2n) is 4.13. The number of benzene rings is 1. The summed E-state index contributed by atoms with van der Waals surface area (Å²) in [6.45, 7) is 3.86. The number of rotatable bonds is 2. The van der Waals surface area contributed by atoms with E-state index in [2.05, 4.69) is 26.2 Å². The summed E-state index contributed by atoms with van der Waals surface area (Å²) in [6, 6.07) is 9.27. The molecule has 0 saturated carbocycles. The number of carbonyl (C=O) groups excluding carboxylic acids is 1.